The third-order valence-electron chi connectivity index (χ3n) is 4.25. The minimum Gasteiger partial charge on any atom is -0.457 e. The molecular weight excluding hydrogens is 407 g/mol. The predicted molar refractivity (Wildman–Crippen MR) is 115 cm³/mol. The molecule has 1 atom stereocenters. The Morgan fingerprint density at radius 2 is 1.60 bits per heavy atom. The van der Waals surface area contributed by atoms with Crippen molar-refractivity contribution in [1.82, 2.24) is 0 Å². The van der Waals surface area contributed by atoms with E-state index in [1.165, 1.54) is 25.1 Å². The number of nitrogens with one attached hydrogen (secondary N) is 1. The van der Waals surface area contributed by atoms with Crippen LogP contribution in [0.5, 0.6) is 11.5 Å². The van der Waals surface area contributed by atoms with E-state index in [0.29, 0.717) is 17.2 Å². The van der Waals surface area contributed by atoms with E-state index in [0.717, 1.165) is 16.6 Å². The predicted octanol–water partition coefficient (Wildman–Crippen LogP) is 4.41. The molecule has 0 saturated carbocycles. The molecule has 0 heterocycles. The fraction of sp³-hybridized carbons (Fsp3) is 0.136. The standard InChI is InChI=1S/C22H21FN2O4S/c1-16(25(30(2,27)28)19-8-6-7-17(23)15-19)22(26)24-18-11-13-21(14-12-18)29-20-9-4-3-5-10-20/h3-16H,1-2H3,(H,24,26)/t16-/m1/s1. The first-order valence-electron chi connectivity index (χ1n) is 9.13. The van der Waals surface area contributed by atoms with Crippen LogP contribution in [0.4, 0.5) is 15.8 Å². The van der Waals surface area contributed by atoms with Crippen molar-refractivity contribution in [3.05, 3.63) is 84.7 Å². The zero-order chi connectivity index (χ0) is 21.7. The SMILES string of the molecule is C[C@H](C(=O)Nc1ccc(Oc2ccccc2)cc1)N(c1cccc(F)c1)S(C)(=O)=O. The number of carbonyl (C=O) groups excluding carboxylic acids is 1. The second kappa shape index (κ2) is 8.96. The van der Waals surface area contributed by atoms with Crippen LogP contribution in [-0.4, -0.2) is 26.6 Å². The molecule has 30 heavy (non-hydrogen) atoms. The van der Waals surface area contributed by atoms with Crippen LogP contribution < -0.4 is 14.4 Å². The van der Waals surface area contributed by atoms with E-state index in [4.69, 9.17) is 4.74 Å². The van der Waals surface area contributed by atoms with Gasteiger partial charge in [-0.1, -0.05) is 24.3 Å². The van der Waals surface area contributed by atoms with Crippen LogP contribution in [0.1, 0.15) is 6.92 Å². The summed E-state index contributed by atoms with van der Waals surface area (Å²) in [5.41, 5.74) is 0.548. The Labute approximate surface area is 175 Å². The minimum atomic E-state index is -3.83. The fourth-order valence-corrected chi connectivity index (χ4v) is 4.07. The van der Waals surface area contributed by atoms with Crippen LogP contribution in [0.25, 0.3) is 0 Å². The molecule has 0 aromatic heterocycles. The van der Waals surface area contributed by atoms with Crippen molar-refractivity contribution in [2.75, 3.05) is 15.9 Å². The second-order valence-electron chi connectivity index (χ2n) is 6.64. The molecule has 0 spiro atoms. The molecule has 3 aromatic carbocycles. The van der Waals surface area contributed by atoms with Gasteiger partial charge in [-0.05, 0) is 61.5 Å². The largest absolute Gasteiger partial charge is 0.457 e. The normalized spacial score (nSPS) is 12.1. The van der Waals surface area contributed by atoms with E-state index >= 15 is 0 Å². The number of rotatable bonds is 7. The number of para-hydroxylation sites is 1. The summed E-state index contributed by atoms with van der Waals surface area (Å²) in [7, 11) is -3.83. The van der Waals surface area contributed by atoms with Crippen LogP contribution in [0, 0.1) is 5.82 Å². The van der Waals surface area contributed by atoms with Crippen molar-refractivity contribution in [3.63, 3.8) is 0 Å². The Morgan fingerprint density at radius 3 is 2.20 bits per heavy atom. The highest BCUT2D eigenvalue weighted by Gasteiger charge is 2.29. The van der Waals surface area contributed by atoms with Crippen molar-refractivity contribution >= 4 is 27.3 Å². The van der Waals surface area contributed by atoms with E-state index in [-0.39, 0.29) is 5.69 Å². The van der Waals surface area contributed by atoms with Crippen LogP contribution in [-0.2, 0) is 14.8 Å². The molecule has 0 unspecified atom stereocenters. The summed E-state index contributed by atoms with van der Waals surface area (Å²) in [4.78, 5) is 12.7. The highest BCUT2D eigenvalue weighted by atomic mass is 32.2. The number of carbonyl (C=O) groups is 1. The highest BCUT2D eigenvalue weighted by molar-refractivity contribution is 7.92. The van der Waals surface area contributed by atoms with E-state index in [9.17, 15) is 17.6 Å². The molecule has 0 saturated heterocycles. The van der Waals surface area contributed by atoms with Gasteiger partial charge in [0.15, 0.2) is 0 Å². The number of sulfonamides is 1. The first-order valence-corrected chi connectivity index (χ1v) is 11.0. The maximum absolute atomic E-state index is 13.6. The van der Waals surface area contributed by atoms with E-state index in [1.807, 2.05) is 30.3 Å². The average Bonchev–Trinajstić information content (AvgIpc) is 2.69. The monoisotopic (exact) mass is 428 g/mol. The van der Waals surface area contributed by atoms with Crippen molar-refractivity contribution in [2.24, 2.45) is 0 Å². The number of anilines is 2. The number of nitrogens with zero attached hydrogens (tertiary/aromatic N) is 1. The molecule has 3 rings (SSSR count). The molecule has 0 aliphatic carbocycles. The molecule has 8 heteroatoms. The van der Waals surface area contributed by atoms with Crippen LogP contribution in [0.3, 0.4) is 0 Å². The van der Waals surface area contributed by atoms with Gasteiger partial charge in [0.2, 0.25) is 15.9 Å². The van der Waals surface area contributed by atoms with Crippen LogP contribution in [0.15, 0.2) is 78.9 Å². The summed E-state index contributed by atoms with van der Waals surface area (Å²) in [6.45, 7) is 1.44. The summed E-state index contributed by atoms with van der Waals surface area (Å²) in [6.07, 6.45) is 0.970. The molecule has 1 amide bonds. The Morgan fingerprint density at radius 1 is 0.967 bits per heavy atom. The van der Waals surface area contributed by atoms with Crippen LogP contribution in [0.2, 0.25) is 0 Å². The van der Waals surface area contributed by atoms with Gasteiger partial charge in [0.25, 0.3) is 0 Å². The number of ether oxygens (including phenoxy) is 1. The van der Waals surface area contributed by atoms with Crippen molar-refractivity contribution in [3.8, 4) is 11.5 Å². The summed E-state index contributed by atoms with van der Waals surface area (Å²) < 4.78 is 44.7. The van der Waals surface area contributed by atoms with Crippen molar-refractivity contribution < 1.29 is 22.3 Å². The fourth-order valence-electron chi connectivity index (χ4n) is 2.90. The maximum atomic E-state index is 13.6. The third-order valence-corrected chi connectivity index (χ3v) is 5.49. The average molecular weight is 428 g/mol. The van der Waals surface area contributed by atoms with Gasteiger partial charge in [-0.15, -0.1) is 0 Å². The van der Waals surface area contributed by atoms with Gasteiger partial charge < -0.3 is 10.1 Å². The molecule has 0 radical (unpaired) electrons. The summed E-state index contributed by atoms with van der Waals surface area (Å²) >= 11 is 0. The molecular formula is C22H21FN2O4S. The molecule has 3 aromatic rings. The van der Waals surface area contributed by atoms with Crippen molar-refractivity contribution in [2.45, 2.75) is 13.0 Å². The lowest BCUT2D eigenvalue weighted by molar-refractivity contribution is -0.116. The van der Waals surface area contributed by atoms with E-state index in [1.54, 1.807) is 24.3 Å². The van der Waals surface area contributed by atoms with Crippen LogP contribution >= 0.6 is 0 Å². The number of hydrogen-bond acceptors (Lipinski definition) is 4. The van der Waals surface area contributed by atoms with E-state index < -0.39 is 27.8 Å². The first kappa shape index (κ1) is 21.3. The molecule has 6 nitrogen and oxygen atoms in total. The highest BCUT2D eigenvalue weighted by Crippen LogP contribution is 2.24. The zero-order valence-electron chi connectivity index (χ0n) is 16.4. The summed E-state index contributed by atoms with van der Waals surface area (Å²) in [5.74, 6) is 0.121. The molecule has 1 N–H and O–H groups in total. The van der Waals surface area contributed by atoms with Gasteiger partial charge in [0.05, 0.1) is 11.9 Å². The molecule has 0 aliphatic rings. The topological polar surface area (TPSA) is 75.7 Å². The second-order valence-corrected chi connectivity index (χ2v) is 8.50. The number of halogens is 1. The molecule has 0 bridgehead atoms. The Kier molecular flexibility index (Phi) is 6.37. The van der Waals surface area contributed by atoms with Gasteiger partial charge in [-0.25, -0.2) is 12.8 Å². The van der Waals surface area contributed by atoms with Gasteiger partial charge in [-0.2, -0.15) is 0 Å². The van der Waals surface area contributed by atoms with Gasteiger partial charge in [0.1, 0.15) is 23.4 Å². The van der Waals surface area contributed by atoms with Gasteiger partial charge in [-0.3, -0.25) is 9.10 Å². The lowest BCUT2D eigenvalue weighted by Crippen LogP contribution is -2.45. The Bertz CT molecular complexity index is 1120. The molecule has 0 aliphatic heterocycles. The molecule has 156 valence electrons. The lowest BCUT2D eigenvalue weighted by atomic mass is 10.2. The minimum absolute atomic E-state index is 0.0757. The Hall–Kier alpha value is -3.39. The Balaban J connectivity index is 1.73. The third kappa shape index (κ3) is 5.36. The lowest BCUT2D eigenvalue weighted by Gasteiger charge is -2.28. The maximum Gasteiger partial charge on any atom is 0.247 e. The number of hydrogen-bond donors (Lipinski definition) is 1. The number of amides is 1. The zero-order valence-corrected chi connectivity index (χ0v) is 17.3. The smallest absolute Gasteiger partial charge is 0.247 e. The molecule has 0 fully saturated rings. The quantitative estimate of drug-likeness (QED) is 0.605. The van der Waals surface area contributed by atoms with Gasteiger partial charge in [0, 0.05) is 5.69 Å². The van der Waals surface area contributed by atoms with E-state index in [2.05, 4.69) is 5.32 Å². The summed E-state index contributed by atoms with van der Waals surface area (Å²) in [6, 6.07) is 19.9. The summed E-state index contributed by atoms with van der Waals surface area (Å²) in [5, 5.41) is 2.68. The number of benzene rings is 3. The first-order chi connectivity index (χ1) is 14.2. The van der Waals surface area contributed by atoms with Crippen molar-refractivity contribution in [1.29, 1.82) is 0 Å². The van der Waals surface area contributed by atoms with Gasteiger partial charge >= 0.3 is 0 Å².